The molecule has 0 aliphatic rings. The Balaban J connectivity index is -0.000000278. The first-order valence-corrected chi connectivity index (χ1v) is 27.6. The summed E-state index contributed by atoms with van der Waals surface area (Å²) in [7, 11) is 0. The van der Waals surface area contributed by atoms with E-state index in [1.807, 2.05) is 0 Å². The summed E-state index contributed by atoms with van der Waals surface area (Å²) in [5.74, 6) is -2.07. The number of carbonyl (C=O) groups is 3. The van der Waals surface area contributed by atoms with Crippen LogP contribution in [0.2, 0.25) is 0 Å². The summed E-state index contributed by atoms with van der Waals surface area (Å²) in [4.78, 5) is 31.0. The predicted molar refractivity (Wildman–Crippen MR) is 283 cm³/mol. The third kappa shape index (κ3) is 84.1. The molecular formula is C57H110O10Ti. The van der Waals surface area contributed by atoms with Crippen molar-refractivity contribution >= 4 is 17.9 Å². The van der Waals surface area contributed by atoms with Crippen LogP contribution >= 0.6 is 0 Å². The smallest absolute Gasteiger partial charge is 0.303 e. The average Bonchev–Trinajstić information content (AvgIpc) is 3.27. The van der Waals surface area contributed by atoms with Gasteiger partial charge in [-0.25, -0.2) is 0 Å². The quantitative estimate of drug-likeness (QED) is 0.0175. The fourth-order valence-corrected chi connectivity index (χ4v) is 7.09. The molecule has 402 valence electrons. The van der Waals surface area contributed by atoms with Gasteiger partial charge in [-0.2, -0.15) is 0 Å². The molecule has 68 heavy (non-hydrogen) atoms. The largest absolute Gasteiger partial charge is 0.481 e. The molecule has 0 amide bonds. The third-order valence-electron chi connectivity index (χ3n) is 11.2. The summed E-state index contributed by atoms with van der Waals surface area (Å²) in [6, 6.07) is 0. The molecule has 0 saturated heterocycles. The fraction of sp³-hybridized carbons (Fsp3) is 0.842. The Bertz CT molecular complexity index is 965. The number of rotatable bonds is 45. The Morgan fingerprint density at radius 3 is 0.765 bits per heavy atom. The standard InChI is InChI=1S/3C18H34O3.C3H8O.Ti/c3*1-2-3-4-11-14-17(19)15-12-9-7-5-6-8-10-13-16-18(20)21;1-3(2)4;/h3*9,12,17,19H,2-8,10-11,13-16H2,1H3,(H,20,21);3-4H,1-2H3;/b3*12-9+;;. The van der Waals surface area contributed by atoms with Crippen LogP contribution in [0.5, 0.6) is 0 Å². The minimum Gasteiger partial charge on any atom is -0.481 e. The van der Waals surface area contributed by atoms with E-state index in [2.05, 4.69) is 57.2 Å². The number of carboxylic acids is 3. The third-order valence-corrected chi connectivity index (χ3v) is 11.2. The van der Waals surface area contributed by atoms with Crippen LogP contribution in [-0.2, 0) is 36.1 Å². The molecule has 0 spiro atoms. The van der Waals surface area contributed by atoms with Gasteiger partial charge in [-0.1, -0.05) is 192 Å². The molecule has 0 radical (unpaired) electrons. The van der Waals surface area contributed by atoms with Gasteiger partial charge in [0.2, 0.25) is 0 Å². The number of hydrogen-bond acceptors (Lipinski definition) is 7. The average molecular weight is 1000 g/mol. The van der Waals surface area contributed by atoms with Gasteiger partial charge in [0.25, 0.3) is 0 Å². The Morgan fingerprint density at radius 2 is 0.544 bits per heavy atom. The number of aliphatic carboxylic acids is 3. The minimum atomic E-state index is -0.689. The zero-order valence-corrected chi connectivity index (χ0v) is 46.3. The maximum absolute atomic E-state index is 10.3. The van der Waals surface area contributed by atoms with E-state index in [4.69, 9.17) is 20.4 Å². The van der Waals surface area contributed by atoms with Crippen molar-refractivity contribution in [2.24, 2.45) is 0 Å². The predicted octanol–water partition coefficient (Wildman–Crippen LogP) is 15.6. The fourth-order valence-electron chi connectivity index (χ4n) is 7.09. The van der Waals surface area contributed by atoms with Gasteiger partial charge >= 0.3 is 17.9 Å². The van der Waals surface area contributed by atoms with Gasteiger partial charge < -0.3 is 35.7 Å². The van der Waals surface area contributed by atoms with Crippen molar-refractivity contribution in [2.75, 3.05) is 0 Å². The SMILES string of the molecule is CC(C)O.CCCCCCC(O)C/C=C/CCCCCCCC(=O)O.CCCCCCC(O)C/C=C/CCCCCCCC(=O)O.CCCCCCC(O)C/C=C/CCCCCCCC(=O)O.[Ti]. The van der Waals surface area contributed by atoms with Crippen LogP contribution in [0.1, 0.15) is 285 Å². The number of unbranched alkanes of at least 4 members (excludes halogenated alkanes) is 24. The Kier molecular flexibility index (Phi) is 72.0. The number of carboxylic acid groups (broad SMARTS) is 3. The summed E-state index contributed by atoms with van der Waals surface area (Å²) in [6.07, 6.45) is 51.9. The summed E-state index contributed by atoms with van der Waals surface area (Å²) in [5, 5.41) is 63.0. The first-order valence-electron chi connectivity index (χ1n) is 27.6. The summed E-state index contributed by atoms with van der Waals surface area (Å²) < 4.78 is 0. The minimum absolute atomic E-state index is 0. The molecule has 0 heterocycles. The van der Waals surface area contributed by atoms with Gasteiger partial charge in [0.1, 0.15) is 0 Å². The van der Waals surface area contributed by atoms with Crippen LogP contribution in [0.4, 0.5) is 0 Å². The molecule has 0 aromatic heterocycles. The second-order valence-corrected chi connectivity index (χ2v) is 18.8. The van der Waals surface area contributed by atoms with Crippen LogP contribution in [-0.4, -0.2) is 78.1 Å². The molecule has 0 aromatic carbocycles. The molecular weight excluding hydrogens is 892 g/mol. The number of hydrogen-bond donors (Lipinski definition) is 7. The first-order chi connectivity index (χ1) is 32.2. The molecule has 0 aliphatic carbocycles. The van der Waals surface area contributed by atoms with Gasteiger partial charge in [-0.05, 0) is 110 Å². The van der Waals surface area contributed by atoms with Gasteiger partial charge in [0.05, 0.1) is 18.3 Å². The van der Waals surface area contributed by atoms with Crippen LogP contribution in [0.25, 0.3) is 0 Å². The molecule has 0 bridgehead atoms. The van der Waals surface area contributed by atoms with E-state index in [9.17, 15) is 29.7 Å². The Morgan fingerprint density at radius 1 is 0.338 bits per heavy atom. The number of aliphatic hydroxyl groups is 4. The normalized spacial score (nSPS) is 12.4. The van der Waals surface area contributed by atoms with Crippen LogP contribution < -0.4 is 0 Å². The monoisotopic (exact) mass is 1000 g/mol. The molecule has 3 atom stereocenters. The Labute approximate surface area is 433 Å². The van der Waals surface area contributed by atoms with E-state index >= 15 is 0 Å². The molecule has 10 nitrogen and oxygen atoms in total. The van der Waals surface area contributed by atoms with Gasteiger partial charge in [-0.15, -0.1) is 0 Å². The molecule has 0 fully saturated rings. The van der Waals surface area contributed by atoms with Crippen molar-refractivity contribution < 1.29 is 71.8 Å². The van der Waals surface area contributed by atoms with Gasteiger partial charge in [0, 0.05) is 47.1 Å². The summed E-state index contributed by atoms with van der Waals surface area (Å²) in [5.41, 5.74) is 0. The molecule has 0 saturated carbocycles. The van der Waals surface area contributed by atoms with E-state index in [-0.39, 0.29) is 46.1 Å². The maximum Gasteiger partial charge on any atom is 0.303 e. The second kappa shape index (κ2) is 65.2. The van der Waals surface area contributed by atoms with Crippen molar-refractivity contribution in [1.29, 1.82) is 0 Å². The van der Waals surface area contributed by atoms with Crippen molar-refractivity contribution in [3.8, 4) is 0 Å². The van der Waals surface area contributed by atoms with E-state index < -0.39 is 17.9 Å². The van der Waals surface area contributed by atoms with E-state index in [1.165, 1.54) is 77.0 Å². The summed E-state index contributed by atoms with van der Waals surface area (Å²) in [6.45, 7) is 10.0. The molecule has 0 rings (SSSR count). The van der Waals surface area contributed by atoms with E-state index in [0.29, 0.717) is 19.3 Å². The van der Waals surface area contributed by atoms with Crippen molar-refractivity contribution in [2.45, 2.75) is 309 Å². The first kappa shape index (κ1) is 75.1. The van der Waals surface area contributed by atoms with Gasteiger partial charge in [0.15, 0.2) is 0 Å². The van der Waals surface area contributed by atoms with Gasteiger partial charge in [-0.3, -0.25) is 14.4 Å². The van der Waals surface area contributed by atoms with Crippen molar-refractivity contribution in [1.82, 2.24) is 0 Å². The molecule has 11 heteroatoms. The molecule has 0 aromatic rings. The summed E-state index contributed by atoms with van der Waals surface area (Å²) >= 11 is 0. The van der Waals surface area contributed by atoms with Crippen LogP contribution in [0.3, 0.4) is 0 Å². The van der Waals surface area contributed by atoms with E-state index in [0.717, 1.165) is 154 Å². The maximum atomic E-state index is 10.3. The van der Waals surface area contributed by atoms with Crippen molar-refractivity contribution in [3.63, 3.8) is 0 Å². The Hall–Kier alpha value is -1.82. The topological polar surface area (TPSA) is 193 Å². The zero-order valence-electron chi connectivity index (χ0n) is 44.7. The number of aliphatic hydroxyl groups excluding tert-OH is 4. The van der Waals surface area contributed by atoms with Crippen LogP contribution in [0.15, 0.2) is 36.5 Å². The molecule has 3 unspecified atom stereocenters. The van der Waals surface area contributed by atoms with Crippen molar-refractivity contribution in [3.05, 3.63) is 36.5 Å². The molecule has 7 N–H and O–H groups in total. The molecule has 0 aliphatic heterocycles. The second-order valence-electron chi connectivity index (χ2n) is 18.8. The number of allylic oxidation sites excluding steroid dienone is 3. The van der Waals surface area contributed by atoms with E-state index in [1.54, 1.807) is 13.8 Å². The zero-order chi connectivity index (χ0) is 50.9. The van der Waals surface area contributed by atoms with Crippen LogP contribution in [0, 0.1) is 0 Å².